The molecule has 0 atom stereocenters. The van der Waals surface area contributed by atoms with E-state index >= 15 is 0 Å². The van der Waals surface area contributed by atoms with Crippen LogP contribution in [0.25, 0.3) is 83.5 Å². The molecule has 4 aromatic heterocycles. The molecule has 0 radical (unpaired) electrons. The number of aromatic nitrogens is 4. The van der Waals surface area contributed by atoms with Crippen molar-refractivity contribution in [1.29, 1.82) is 0 Å². The average molecular weight is 949 g/mol. The van der Waals surface area contributed by atoms with Gasteiger partial charge in [-0.25, -0.2) is 0 Å². The van der Waals surface area contributed by atoms with Gasteiger partial charge in [-0.15, -0.1) is 24.3 Å². The van der Waals surface area contributed by atoms with Gasteiger partial charge in [0.2, 0.25) is 0 Å². The minimum absolute atomic E-state index is 0. The van der Waals surface area contributed by atoms with Gasteiger partial charge in [-0.3, -0.25) is 15.0 Å². The number of phenols is 1. The molecule has 0 spiro atoms. The Hall–Kier alpha value is -6.16. The number of rotatable bonds is 6. The van der Waals surface area contributed by atoms with Crippen LogP contribution in [0.1, 0.15) is 52.7 Å². The average Bonchev–Trinajstić information content (AvgIpc) is 3.58. The molecule has 5 nitrogen and oxygen atoms in total. The molecule has 0 aliphatic heterocycles. The molecule has 0 amide bonds. The predicted molar refractivity (Wildman–Crippen MR) is 239 cm³/mol. The fourth-order valence-corrected chi connectivity index (χ4v) is 7.93. The number of pyridine rings is 3. The topological polar surface area (TPSA) is 63.8 Å². The summed E-state index contributed by atoms with van der Waals surface area (Å²) in [5, 5.41) is 13.4. The normalized spacial score (nSPS) is 11.8. The van der Waals surface area contributed by atoms with Crippen molar-refractivity contribution < 1.29 is 26.2 Å². The fourth-order valence-electron chi connectivity index (χ4n) is 7.93. The van der Waals surface area contributed by atoms with Crippen molar-refractivity contribution in [2.24, 2.45) is 0 Å². The molecule has 6 heteroatoms. The maximum absolute atomic E-state index is 11.1. The van der Waals surface area contributed by atoms with E-state index in [0.29, 0.717) is 11.3 Å². The number of nitrogens with zero attached hydrogens (tertiary/aromatic N) is 4. The Labute approximate surface area is 360 Å². The van der Waals surface area contributed by atoms with E-state index in [1.54, 1.807) is 6.07 Å². The zero-order valence-corrected chi connectivity index (χ0v) is 36.3. The second-order valence-electron chi connectivity index (χ2n) is 17.1. The summed E-state index contributed by atoms with van der Waals surface area (Å²) in [5.41, 5.74) is 14.7. The number of phenolic OH excluding ortho intramolecular Hbond substituents is 1. The quantitative estimate of drug-likeness (QED) is 0.169. The molecular formula is C53H45N4OPt-. The number of fused-ring (bicyclic) bond motifs is 3. The Balaban J connectivity index is 0.00000484. The summed E-state index contributed by atoms with van der Waals surface area (Å²) in [6.07, 6.45) is 5.53. The number of hydrogen-bond acceptors (Lipinski definition) is 4. The van der Waals surface area contributed by atoms with E-state index in [2.05, 4.69) is 154 Å². The molecule has 0 aliphatic carbocycles. The van der Waals surface area contributed by atoms with Gasteiger partial charge in [0.1, 0.15) is 5.75 Å². The monoisotopic (exact) mass is 948 g/mol. The summed E-state index contributed by atoms with van der Waals surface area (Å²) in [6, 6.07) is 51.9. The van der Waals surface area contributed by atoms with Crippen LogP contribution < -0.4 is 0 Å². The number of hydrogen-bond donors (Lipinski definition) is 1. The van der Waals surface area contributed by atoms with Crippen LogP contribution in [0.15, 0.2) is 158 Å². The molecular weight excluding hydrogens is 904 g/mol. The van der Waals surface area contributed by atoms with Gasteiger partial charge >= 0.3 is 0 Å². The molecule has 9 rings (SSSR count). The first-order valence-electron chi connectivity index (χ1n) is 19.8. The summed E-state index contributed by atoms with van der Waals surface area (Å²) in [6.45, 7) is 13.6. The van der Waals surface area contributed by atoms with Gasteiger partial charge in [0.05, 0.1) is 16.7 Å². The molecule has 5 aromatic carbocycles. The molecule has 9 aromatic rings. The first-order chi connectivity index (χ1) is 27.9. The molecule has 0 fully saturated rings. The maximum atomic E-state index is 11.1. The van der Waals surface area contributed by atoms with Crippen molar-refractivity contribution >= 4 is 21.8 Å². The second kappa shape index (κ2) is 15.5. The van der Waals surface area contributed by atoms with Crippen LogP contribution in [-0.4, -0.2) is 24.6 Å². The van der Waals surface area contributed by atoms with Crippen LogP contribution in [0.3, 0.4) is 0 Å². The largest absolute Gasteiger partial charge is 0.507 e. The number of aromatic hydroxyl groups is 1. The third kappa shape index (κ3) is 7.52. The molecule has 0 bridgehead atoms. The maximum Gasteiger partial charge on any atom is 0.124 e. The van der Waals surface area contributed by atoms with E-state index in [9.17, 15) is 5.11 Å². The van der Waals surface area contributed by atoms with Crippen LogP contribution in [0.2, 0.25) is 0 Å². The molecule has 0 unspecified atom stereocenters. The van der Waals surface area contributed by atoms with Gasteiger partial charge in [0.15, 0.2) is 0 Å². The zero-order chi connectivity index (χ0) is 40.2. The smallest absolute Gasteiger partial charge is 0.124 e. The van der Waals surface area contributed by atoms with Crippen molar-refractivity contribution in [1.82, 2.24) is 19.5 Å². The van der Waals surface area contributed by atoms with Gasteiger partial charge in [0, 0.05) is 73.1 Å². The van der Waals surface area contributed by atoms with E-state index in [4.69, 9.17) is 9.97 Å². The van der Waals surface area contributed by atoms with Gasteiger partial charge in [0.25, 0.3) is 0 Å². The van der Waals surface area contributed by atoms with Crippen LogP contribution >= 0.6 is 0 Å². The van der Waals surface area contributed by atoms with Crippen molar-refractivity contribution in [3.8, 4) is 67.5 Å². The Morgan fingerprint density at radius 3 is 1.90 bits per heavy atom. The van der Waals surface area contributed by atoms with E-state index < -0.39 is 0 Å². The van der Waals surface area contributed by atoms with Crippen LogP contribution in [0, 0.1) is 6.07 Å². The van der Waals surface area contributed by atoms with Crippen molar-refractivity contribution in [2.45, 2.75) is 52.4 Å². The second-order valence-corrected chi connectivity index (χ2v) is 17.1. The number of para-hydroxylation sites is 2. The van der Waals surface area contributed by atoms with Crippen LogP contribution in [0.5, 0.6) is 5.75 Å². The van der Waals surface area contributed by atoms with E-state index in [0.717, 1.165) is 66.9 Å². The molecule has 4 heterocycles. The molecule has 0 saturated heterocycles. The molecule has 1 N–H and O–H groups in total. The van der Waals surface area contributed by atoms with E-state index in [1.165, 1.54) is 16.5 Å². The van der Waals surface area contributed by atoms with Crippen molar-refractivity contribution in [3.63, 3.8) is 0 Å². The van der Waals surface area contributed by atoms with Crippen LogP contribution in [-0.2, 0) is 31.9 Å². The SMILES string of the molecule is CC(C)(C)c1cc(-c2cc(-c3[c-]c(-c4ncccc4-c4cccc5c4c4ccccc4n5-c4ccncc4)ccc3)nc(-c3ccccc3O)c2)cc(C(C)(C)C)c1.[Pt]. The third-order valence-electron chi connectivity index (χ3n) is 11.0. The zero-order valence-electron chi connectivity index (χ0n) is 34.1. The first kappa shape index (κ1) is 39.7. The Kier molecular flexibility index (Phi) is 10.4. The molecule has 294 valence electrons. The summed E-state index contributed by atoms with van der Waals surface area (Å²) in [7, 11) is 0. The standard InChI is InChI=1S/C53H45N4O.Pt/c1-52(2,3)38-29-36(30-39(33-38)53(4,5)6)37-31-45(56-46(32-37)43-16-8-10-22-49(43)58)34-14-11-15-35(28-34)51-42(19-13-25-55-51)41-18-12-21-48-50(41)44-17-7-9-20-47(44)57(48)40-23-26-54-27-24-40;/h7-27,29-33,58H,1-6H3;/q-1;. The van der Waals surface area contributed by atoms with Gasteiger partial charge in [-0.2, -0.15) is 0 Å². The Morgan fingerprint density at radius 1 is 0.542 bits per heavy atom. The first-order valence-corrected chi connectivity index (χ1v) is 19.8. The molecule has 0 saturated carbocycles. The van der Waals surface area contributed by atoms with Crippen molar-refractivity contribution in [2.75, 3.05) is 0 Å². The summed E-state index contributed by atoms with van der Waals surface area (Å²) in [5.74, 6) is 0.187. The fraction of sp³-hybridized carbons (Fsp3) is 0.151. The van der Waals surface area contributed by atoms with Crippen molar-refractivity contribution in [3.05, 3.63) is 175 Å². The van der Waals surface area contributed by atoms with Crippen LogP contribution in [0.4, 0.5) is 0 Å². The van der Waals surface area contributed by atoms with Gasteiger partial charge in [-0.05, 0) is 92.7 Å². The van der Waals surface area contributed by atoms with Gasteiger partial charge in [-0.1, -0.05) is 125 Å². The molecule has 59 heavy (non-hydrogen) atoms. The van der Waals surface area contributed by atoms with Gasteiger partial charge < -0.3 is 9.67 Å². The van der Waals surface area contributed by atoms with E-state index in [1.807, 2.05) is 55.0 Å². The Bertz CT molecular complexity index is 2960. The third-order valence-corrected chi connectivity index (χ3v) is 11.0. The number of benzene rings is 5. The Morgan fingerprint density at radius 2 is 1.15 bits per heavy atom. The summed E-state index contributed by atoms with van der Waals surface area (Å²) in [4.78, 5) is 14.5. The minimum atomic E-state index is -0.0484. The predicted octanol–water partition coefficient (Wildman–Crippen LogP) is 13.4. The summed E-state index contributed by atoms with van der Waals surface area (Å²) >= 11 is 0. The molecule has 0 aliphatic rings. The van der Waals surface area contributed by atoms with E-state index in [-0.39, 0.29) is 37.6 Å². The summed E-state index contributed by atoms with van der Waals surface area (Å²) < 4.78 is 2.31. The minimum Gasteiger partial charge on any atom is -0.507 e.